The number of rotatable bonds is 8. The minimum atomic E-state index is -0.0505. The molecule has 5 nitrogen and oxygen atoms in total. The largest absolute Gasteiger partial charge is 0.486 e. The number of ether oxygens (including phenoxy) is 2. The van der Waals surface area contributed by atoms with Gasteiger partial charge >= 0.3 is 0 Å². The molecule has 31 heavy (non-hydrogen) atoms. The smallest absolute Gasteiger partial charge is 0.226 e. The van der Waals surface area contributed by atoms with Crippen LogP contribution < -0.4 is 20.1 Å². The summed E-state index contributed by atoms with van der Waals surface area (Å²) < 4.78 is 12.0. The molecule has 168 valence electrons. The van der Waals surface area contributed by atoms with Crippen LogP contribution in [0, 0.1) is 30.1 Å². The number of amides is 1. The molecule has 1 atom stereocenters. The van der Waals surface area contributed by atoms with Crippen LogP contribution in [0.4, 0.5) is 0 Å². The Hall–Kier alpha value is -2.01. The number of fused-ring (bicyclic) bond motifs is 1. The molecule has 4 bridgehead atoms. The molecule has 5 aliphatic rings. The highest BCUT2D eigenvalue weighted by Gasteiger charge is 2.54. The van der Waals surface area contributed by atoms with E-state index in [0.29, 0.717) is 19.1 Å². The first-order valence-corrected chi connectivity index (χ1v) is 12.1. The van der Waals surface area contributed by atoms with Crippen molar-refractivity contribution in [1.82, 2.24) is 10.6 Å². The molecule has 0 aromatic heterocycles. The van der Waals surface area contributed by atoms with Gasteiger partial charge in [0.05, 0.1) is 0 Å². The lowest BCUT2D eigenvalue weighted by molar-refractivity contribution is -0.146. The highest BCUT2D eigenvalue weighted by molar-refractivity contribution is 5.83. The van der Waals surface area contributed by atoms with Crippen LogP contribution in [0.5, 0.6) is 11.5 Å². The number of carbonyl (C=O) groups excluding carboxylic acids is 1. The highest BCUT2D eigenvalue weighted by Crippen LogP contribution is 2.60. The zero-order valence-corrected chi connectivity index (χ0v) is 18.8. The van der Waals surface area contributed by atoms with Gasteiger partial charge in [-0.3, -0.25) is 4.79 Å². The van der Waals surface area contributed by atoms with E-state index < -0.39 is 0 Å². The molecule has 1 amide bonds. The fourth-order valence-corrected chi connectivity index (χ4v) is 6.87. The molecule has 1 heterocycles. The van der Waals surface area contributed by atoms with Crippen molar-refractivity contribution in [2.24, 2.45) is 23.2 Å². The Morgan fingerprint density at radius 1 is 1.13 bits per heavy atom. The molecular weight excluding hydrogens is 388 g/mol. The van der Waals surface area contributed by atoms with E-state index in [2.05, 4.69) is 17.2 Å². The van der Waals surface area contributed by atoms with Gasteiger partial charge < -0.3 is 20.1 Å². The zero-order chi connectivity index (χ0) is 21.4. The molecule has 1 aromatic rings. The van der Waals surface area contributed by atoms with Crippen LogP contribution in [0.3, 0.4) is 0 Å². The van der Waals surface area contributed by atoms with Crippen LogP contribution in [-0.2, 0) is 4.79 Å². The molecular formula is C26H36N2O3. The van der Waals surface area contributed by atoms with Gasteiger partial charge in [-0.05, 0) is 74.8 Å². The van der Waals surface area contributed by atoms with E-state index in [1.165, 1.54) is 19.3 Å². The SMILES string of the molecule is C=C(CNCCNC(=O)C12CC3CC(CC(C3)C1)C2)CC1COc2cccc(C)c2O1. The second-order valence-electron chi connectivity index (χ2n) is 10.5. The molecule has 0 spiro atoms. The van der Waals surface area contributed by atoms with Gasteiger partial charge in [0.15, 0.2) is 11.5 Å². The van der Waals surface area contributed by atoms with E-state index >= 15 is 0 Å². The fourth-order valence-electron chi connectivity index (χ4n) is 6.87. The summed E-state index contributed by atoms with van der Waals surface area (Å²) in [4.78, 5) is 13.0. The third kappa shape index (κ3) is 4.34. The van der Waals surface area contributed by atoms with E-state index in [0.717, 1.165) is 79.2 Å². The number of nitrogens with one attached hydrogen (secondary N) is 2. The van der Waals surface area contributed by atoms with Gasteiger partial charge in [-0.25, -0.2) is 0 Å². The minimum absolute atomic E-state index is 0.00122. The lowest BCUT2D eigenvalue weighted by atomic mass is 9.49. The summed E-state index contributed by atoms with van der Waals surface area (Å²) in [5, 5.41) is 6.66. The van der Waals surface area contributed by atoms with Crippen molar-refractivity contribution >= 4 is 5.91 Å². The van der Waals surface area contributed by atoms with Gasteiger partial charge in [0.1, 0.15) is 12.7 Å². The topological polar surface area (TPSA) is 59.6 Å². The van der Waals surface area contributed by atoms with E-state index in [1.807, 2.05) is 25.1 Å². The number of para-hydroxylation sites is 1. The average Bonchev–Trinajstić information content (AvgIpc) is 2.73. The summed E-state index contributed by atoms with van der Waals surface area (Å²) >= 11 is 0. The molecule has 6 rings (SSSR count). The molecule has 4 aliphatic carbocycles. The number of aryl methyl sites for hydroxylation is 1. The van der Waals surface area contributed by atoms with Crippen molar-refractivity contribution in [3.63, 3.8) is 0 Å². The van der Waals surface area contributed by atoms with E-state index in [-0.39, 0.29) is 11.5 Å². The van der Waals surface area contributed by atoms with Crippen molar-refractivity contribution in [3.8, 4) is 11.5 Å². The number of carbonyl (C=O) groups is 1. The number of hydrogen-bond donors (Lipinski definition) is 2. The van der Waals surface area contributed by atoms with Gasteiger partial charge in [0.2, 0.25) is 5.91 Å². The Morgan fingerprint density at radius 3 is 2.55 bits per heavy atom. The van der Waals surface area contributed by atoms with Gasteiger partial charge in [-0.15, -0.1) is 0 Å². The Bertz CT molecular complexity index is 814. The van der Waals surface area contributed by atoms with Gasteiger partial charge in [-0.2, -0.15) is 0 Å². The van der Waals surface area contributed by atoms with Crippen molar-refractivity contribution in [3.05, 3.63) is 35.9 Å². The van der Waals surface area contributed by atoms with Crippen molar-refractivity contribution < 1.29 is 14.3 Å². The summed E-state index contributed by atoms with van der Waals surface area (Å²) in [6.07, 6.45) is 8.26. The third-order valence-corrected chi connectivity index (χ3v) is 7.88. The predicted molar refractivity (Wildman–Crippen MR) is 121 cm³/mol. The summed E-state index contributed by atoms with van der Waals surface area (Å²) in [5.41, 5.74) is 2.14. The van der Waals surface area contributed by atoms with Crippen LogP contribution in [0.2, 0.25) is 0 Å². The van der Waals surface area contributed by atoms with E-state index in [1.54, 1.807) is 0 Å². The van der Waals surface area contributed by atoms with Crippen molar-refractivity contribution in [2.45, 2.75) is 58.0 Å². The van der Waals surface area contributed by atoms with Crippen molar-refractivity contribution in [2.75, 3.05) is 26.2 Å². The Morgan fingerprint density at radius 2 is 1.84 bits per heavy atom. The second kappa shape index (κ2) is 8.50. The standard InChI is InChI=1S/C26H36N2O3/c1-17(8-22-16-30-23-5-3-4-18(2)24(23)31-22)15-27-6-7-28-25(29)26-12-19-9-20(13-26)11-21(10-19)14-26/h3-5,19-22,27H,1,6-16H2,2H3,(H,28,29). The maximum Gasteiger partial charge on any atom is 0.226 e. The Labute approximate surface area is 186 Å². The monoisotopic (exact) mass is 424 g/mol. The Kier molecular flexibility index (Phi) is 5.72. The molecule has 5 heteroatoms. The summed E-state index contributed by atoms with van der Waals surface area (Å²) in [6, 6.07) is 5.98. The van der Waals surface area contributed by atoms with Gasteiger partial charge in [-0.1, -0.05) is 24.3 Å². The molecule has 4 saturated carbocycles. The van der Waals surface area contributed by atoms with Crippen LogP contribution in [0.15, 0.2) is 30.4 Å². The first-order chi connectivity index (χ1) is 15.0. The maximum absolute atomic E-state index is 13.0. The summed E-state index contributed by atoms with van der Waals surface area (Å²) in [5.74, 6) is 4.41. The second-order valence-corrected chi connectivity index (χ2v) is 10.5. The summed E-state index contributed by atoms with van der Waals surface area (Å²) in [6.45, 7) is 8.97. The number of benzene rings is 1. The molecule has 2 N–H and O–H groups in total. The van der Waals surface area contributed by atoms with Gasteiger partial charge in [0, 0.05) is 31.5 Å². The first kappa shape index (κ1) is 20.9. The molecule has 0 saturated heterocycles. The van der Waals surface area contributed by atoms with E-state index in [4.69, 9.17) is 9.47 Å². The molecule has 1 aliphatic heterocycles. The normalized spacial score (nSPS) is 32.7. The average molecular weight is 425 g/mol. The van der Waals surface area contributed by atoms with Crippen LogP contribution in [0.1, 0.15) is 50.5 Å². The molecule has 0 radical (unpaired) electrons. The fraction of sp³-hybridized carbons (Fsp3) is 0.654. The van der Waals surface area contributed by atoms with Crippen LogP contribution >= 0.6 is 0 Å². The maximum atomic E-state index is 13.0. The van der Waals surface area contributed by atoms with Gasteiger partial charge in [0.25, 0.3) is 0 Å². The minimum Gasteiger partial charge on any atom is -0.486 e. The lowest BCUT2D eigenvalue weighted by Crippen LogP contribution is -2.54. The first-order valence-electron chi connectivity index (χ1n) is 12.1. The van der Waals surface area contributed by atoms with Crippen LogP contribution in [-0.4, -0.2) is 38.3 Å². The quantitative estimate of drug-likeness (QED) is 0.489. The number of hydrogen-bond acceptors (Lipinski definition) is 4. The van der Waals surface area contributed by atoms with E-state index in [9.17, 15) is 4.79 Å². The molecule has 4 fully saturated rings. The van der Waals surface area contributed by atoms with Crippen LogP contribution in [0.25, 0.3) is 0 Å². The highest BCUT2D eigenvalue weighted by atomic mass is 16.6. The third-order valence-electron chi connectivity index (χ3n) is 7.88. The Balaban J connectivity index is 1.01. The zero-order valence-electron chi connectivity index (χ0n) is 18.8. The lowest BCUT2D eigenvalue weighted by Gasteiger charge is -2.55. The summed E-state index contributed by atoms with van der Waals surface area (Å²) in [7, 11) is 0. The van der Waals surface area contributed by atoms with Crippen molar-refractivity contribution in [1.29, 1.82) is 0 Å². The molecule has 1 aromatic carbocycles. The predicted octanol–water partition coefficient (Wildman–Crippen LogP) is 4.00. The molecule has 1 unspecified atom stereocenters.